The molecule has 0 fully saturated rings. The zero-order valence-corrected chi connectivity index (χ0v) is 15.1. The first-order valence-corrected chi connectivity index (χ1v) is 8.41. The van der Waals surface area contributed by atoms with Gasteiger partial charge in [0.25, 0.3) is 0 Å². The molecule has 0 saturated heterocycles. The van der Waals surface area contributed by atoms with Crippen LogP contribution in [0.3, 0.4) is 0 Å². The zero-order valence-electron chi connectivity index (χ0n) is 14.3. The number of thiazole rings is 1. The van der Waals surface area contributed by atoms with E-state index < -0.39 is 59.0 Å². The summed E-state index contributed by atoms with van der Waals surface area (Å²) in [5.41, 5.74) is -1.31. The van der Waals surface area contributed by atoms with E-state index in [0.717, 1.165) is 0 Å². The number of nitrogens with zero attached hydrogens (tertiary/aromatic N) is 4. The van der Waals surface area contributed by atoms with Crippen molar-refractivity contribution in [1.82, 2.24) is 19.9 Å². The van der Waals surface area contributed by atoms with E-state index in [2.05, 4.69) is 19.9 Å². The Morgan fingerprint density at radius 1 is 0.759 bits per heavy atom. The summed E-state index contributed by atoms with van der Waals surface area (Å²) in [6.45, 7) is 1.39. The molecule has 2 aromatic heterocycles. The van der Waals surface area contributed by atoms with Crippen molar-refractivity contribution in [2.75, 3.05) is 10.6 Å². The molecule has 0 saturated carbocycles. The second kappa shape index (κ2) is 7.79. The van der Waals surface area contributed by atoms with Gasteiger partial charge in [-0.15, -0.1) is 11.3 Å². The van der Waals surface area contributed by atoms with Crippen molar-refractivity contribution in [3.63, 3.8) is 0 Å². The van der Waals surface area contributed by atoms with E-state index in [1.165, 1.54) is 0 Å². The van der Waals surface area contributed by atoms with Crippen LogP contribution < -0.4 is 10.6 Å². The highest BCUT2D eigenvalue weighted by Gasteiger charge is 2.38. The van der Waals surface area contributed by atoms with Crippen LogP contribution in [0.25, 0.3) is 10.8 Å². The standard InChI is InChI=1S/C13H11F9N6S/c1-4(11(14,15)16)23-9-26-7(8-25-6(3-29-8)13(20,21)22)27-10(28-9)24-5(2)12(17,18)19/h3-5H,1-2H3,(H2,23,24,26,27,28). The summed E-state index contributed by atoms with van der Waals surface area (Å²) in [5.74, 6) is -2.21. The minimum absolute atomic E-state index is 0.412. The Labute approximate surface area is 160 Å². The first-order valence-electron chi connectivity index (χ1n) is 7.53. The van der Waals surface area contributed by atoms with Crippen LogP contribution in [-0.4, -0.2) is 44.4 Å². The van der Waals surface area contributed by atoms with Crippen molar-refractivity contribution in [1.29, 1.82) is 0 Å². The van der Waals surface area contributed by atoms with E-state index in [1.807, 2.05) is 10.6 Å². The summed E-state index contributed by atoms with van der Waals surface area (Å²) >= 11 is 0.412. The van der Waals surface area contributed by atoms with Crippen LogP contribution in [0.2, 0.25) is 0 Å². The largest absolute Gasteiger partial charge is 0.434 e. The smallest absolute Gasteiger partial charge is 0.343 e. The van der Waals surface area contributed by atoms with Gasteiger partial charge in [0.1, 0.15) is 12.1 Å². The monoisotopic (exact) mass is 454 g/mol. The number of rotatable bonds is 5. The van der Waals surface area contributed by atoms with E-state index in [1.54, 1.807) is 0 Å². The summed E-state index contributed by atoms with van der Waals surface area (Å²) in [7, 11) is 0. The van der Waals surface area contributed by atoms with Crippen LogP contribution in [0.5, 0.6) is 0 Å². The van der Waals surface area contributed by atoms with Gasteiger partial charge in [-0.2, -0.15) is 54.5 Å². The fraction of sp³-hybridized carbons (Fsp3) is 0.538. The second-order valence-electron chi connectivity index (χ2n) is 5.66. The highest BCUT2D eigenvalue weighted by molar-refractivity contribution is 7.13. The Morgan fingerprint density at radius 2 is 1.21 bits per heavy atom. The fourth-order valence-corrected chi connectivity index (χ4v) is 2.42. The molecule has 0 aromatic carbocycles. The minimum atomic E-state index is -4.81. The van der Waals surface area contributed by atoms with Crippen LogP contribution >= 0.6 is 11.3 Å². The Kier molecular flexibility index (Phi) is 6.15. The Morgan fingerprint density at radius 3 is 1.55 bits per heavy atom. The number of nitrogens with one attached hydrogen (secondary N) is 2. The molecule has 0 aliphatic rings. The predicted molar refractivity (Wildman–Crippen MR) is 84.2 cm³/mol. The zero-order chi connectivity index (χ0) is 22.2. The topological polar surface area (TPSA) is 75.6 Å². The molecule has 29 heavy (non-hydrogen) atoms. The normalized spacial score (nSPS) is 15.1. The number of hydrogen-bond donors (Lipinski definition) is 2. The third-order valence-electron chi connectivity index (χ3n) is 3.29. The lowest BCUT2D eigenvalue weighted by atomic mass is 10.3. The van der Waals surface area contributed by atoms with Gasteiger partial charge >= 0.3 is 18.5 Å². The number of alkyl halides is 9. The van der Waals surface area contributed by atoms with Crippen molar-refractivity contribution < 1.29 is 39.5 Å². The third kappa shape index (κ3) is 6.04. The van der Waals surface area contributed by atoms with Gasteiger partial charge in [0.15, 0.2) is 16.5 Å². The van der Waals surface area contributed by atoms with Crippen LogP contribution in [0.1, 0.15) is 19.5 Å². The predicted octanol–water partition coefficient (Wildman–Crippen LogP) is 4.74. The Bertz CT molecular complexity index is 804. The number of aromatic nitrogens is 4. The molecular weight excluding hydrogens is 443 g/mol. The fourth-order valence-electron chi connectivity index (χ4n) is 1.66. The highest BCUT2D eigenvalue weighted by atomic mass is 32.1. The number of halogens is 9. The maximum absolute atomic E-state index is 12.7. The lowest BCUT2D eigenvalue weighted by Crippen LogP contribution is -2.35. The van der Waals surface area contributed by atoms with Crippen molar-refractivity contribution in [3.8, 4) is 10.8 Å². The van der Waals surface area contributed by atoms with Crippen LogP contribution in [0.4, 0.5) is 51.4 Å². The molecule has 0 bridgehead atoms. The summed E-state index contributed by atoms with van der Waals surface area (Å²) in [6, 6.07) is -4.40. The molecule has 0 amide bonds. The molecule has 0 aliphatic heterocycles. The summed E-state index contributed by atoms with van der Waals surface area (Å²) in [6.07, 6.45) is -14.3. The minimum Gasteiger partial charge on any atom is -0.343 e. The first kappa shape index (κ1) is 22.9. The van der Waals surface area contributed by atoms with Gasteiger partial charge in [-0.3, -0.25) is 0 Å². The molecule has 2 rings (SSSR count). The highest BCUT2D eigenvalue weighted by Crippen LogP contribution is 2.33. The van der Waals surface area contributed by atoms with E-state index in [9.17, 15) is 39.5 Å². The van der Waals surface area contributed by atoms with Crippen LogP contribution in [-0.2, 0) is 6.18 Å². The number of anilines is 2. The van der Waals surface area contributed by atoms with Crippen molar-refractivity contribution >= 4 is 23.2 Å². The Hall–Kier alpha value is -2.39. The van der Waals surface area contributed by atoms with Crippen molar-refractivity contribution in [2.45, 2.75) is 44.5 Å². The van der Waals surface area contributed by atoms with Gasteiger partial charge in [-0.1, -0.05) is 0 Å². The van der Waals surface area contributed by atoms with E-state index >= 15 is 0 Å². The first-order chi connectivity index (χ1) is 13.1. The summed E-state index contributed by atoms with van der Waals surface area (Å²) in [4.78, 5) is 13.8. The molecule has 2 aromatic rings. The van der Waals surface area contributed by atoms with Gasteiger partial charge in [0.2, 0.25) is 11.9 Å². The molecule has 0 radical (unpaired) electrons. The molecular formula is C13H11F9N6S. The van der Waals surface area contributed by atoms with Gasteiger partial charge in [0.05, 0.1) is 0 Å². The molecule has 0 spiro atoms. The number of hydrogen-bond acceptors (Lipinski definition) is 7. The molecule has 2 N–H and O–H groups in total. The van der Waals surface area contributed by atoms with Gasteiger partial charge in [0, 0.05) is 5.38 Å². The molecule has 162 valence electrons. The Balaban J connectivity index is 2.45. The molecule has 6 nitrogen and oxygen atoms in total. The van der Waals surface area contributed by atoms with E-state index in [0.29, 0.717) is 30.6 Å². The maximum atomic E-state index is 12.7. The molecule has 2 heterocycles. The van der Waals surface area contributed by atoms with Gasteiger partial charge in [-0.25, -0.2) is 4.98 Å². The van der Waals surface area contributed by atoms with Crippen LogP contribution in [0, 0.1) is 0 Å². The molecule has 2 unspecified atom stereocenters. The van der Waals surface area contributed by atoms with Crippen molar-refractivity contribution in [3.05, 3.63) is 11.1 Å². The van der Waals surface area contributed by atoms with Gasteiger partial charge in [-0.05, 0) is 13.8 Å². The third-order valence-corrected chi connectivity index (χ3v) is 4.13. The maximum Gasteiger partial charge on any atom is 0.434 e. The lowest BCUT2D eigenvalue weighted by Gasteiger charge is -2.19. The molecule has 2 atom stereocenters. The quantitative estimate of drug-likeness (QED) is 0.636. The second-order valence-corrected chi connectivity index (χ2v) is 6.52. The van der Waals surface area contributed by atoms with E-state index in [-0.39, 0.29) is 0 Å². The SMILES string of the molecule is CC(Nc1nc(NC(C)C(F)(F)F)nc(-c2nc(C(F)(F)F)cs2)n1)C(F)(F)F. The summed E-state index contributed by atoms with van der Waals surface area (Å²) in [5, 5.41) is 3.79. The van der Waals surface area contributed by atoms with E-state index in [4.69, 9.17) is 0 Å². The van der Waals surface area contributed by atoms with Crippen LogP contribution in [0.15, 0.2) is 5.38 Å². The average Bonchev–Trinajstić information content (AvgIpc) is 3.03. The van der Waals surface area contributed by atoms with Gasteiger partial charge < -0.3 is 10.6 Å². The molecule has 0 aliphatic carbocycles. The summed E-state index contributed by atoms with van der Waals surface area (Å²) < 4.78 is 114. The molecule has 16 heteroatoms. The lowest BCUT2D eigenvalue weighted by molar-refractivity contribution is -0.141. The van der Waals surface area contributed by atoms with Crippen molar-refractivity contribution in [2.24, 2.45) is 0 Å². The average molecular weight is 454 g/mol.